The number of ether oxygens (including phenoxy) is 1. The molecule has 7 nitrogen and oxygen atoms in total. The molecule has 1 aliphatic heterocycles. The van der Waals surface area contributed by atoms with Gasteiger partial charge in [0.2, 0.25) is 5.91 Å². The highest BCUT2D eigenvalue weighted by Crippen LogP contribution is 2.44. The van der Waals surface area contributed by atoms with Crippen LogP contribution in [-0.2, 0) is 14.3 Å². The van der Waals surface area contributed by atoms with Crippen molar-refractivity contribution in [1.82, 2.24) is 10.2 Å². The summed E-state index contributed by atoms with van der Waals surface area (Å²) in [6.07, 6.45) is 0.658. The molecule has 1 saturated heterocycles. The largest absolute Gasteiger partial charge is 0.481 e. The summed E-state index contributed by atoms with van der Waals surface area (Å²) in [5.74, 6) is -1.03. The Kier molecular flexibility index (Phi) is 7.20. The summed E-state index contributed by atoms with van der Waals surface area (Å²) in [5, 5.41) is 11.9. The third-order valence-corrected chi connectivity index (χ3v) is 7.03. The summed E-state index contributed by atoms with van der Waals surface area (Å²) in [6, 6.07) is 15.6. The van der Waals surface area contributed by atoms with Crippen LogP contribution in [0.4, 0.5) is 4.79 Å². The number of likely N-dealkylation sites (tertiary alicyclic amines) is 1. The molecular formula is C27H32N2O5. The zero-order chi connectivity index (χ0) is 24.2. The van der Waals surface area contributed by atoms with E-state index in [0.717, 1.165) is 28.7 Å². The van der Waals surface area contributed by atoms with Crippen LogP contribution in [0.15, 0.2) is 48.5 Å². The topological polar surface area (TPSA) is 95.9 Å². The molecule has 0 aromatic heterocycles. The highest BCUT2D eigenvalue weighted by molar-refractivity contribution is 5.86. The molecule has 0 saturated carbocycles. The maximum atomic E-state index is 13.1. The van der Waals surface area contributed by atoms with Crippen LogP contribution in [0.5, 0.6) is 0 Å². The van der Waals surface area contributed by atoms with Crippen LogP contribution in [0, 0.1) is 11.8 Å². The number of hydrogen-bond donors (Lipinski definition) is 2. The Morgan fingerprint density at radius 3 is 2.26 bits per heavy atom. The fourth-order valence-electron chi connectivity index (χ4n) is 5.25. The van der Waals surface area contributed by atoms with Gasteiger partial charge in [-0.1, -0.05) is 68.8 Å². The molecule has 0 unspecified atom stereocenters. The normalized spacial score (nSPS) is 19.9. The van der Waals surface area contributed by atoms with Crippen LogP contribution in [0.25, 0.3) is 11.1 Å². The van der Waals surface area contributed by atoms with Gasteiger partial charge in [-0.25, -0.2) is 4.79 Å². The lowest BCUT2D eigenvalue weighted by Crippen LogP contribution is -2.48. The van der Waals surface area contributed by atoms with Crippen molar-refractivity contribution in [3.8, 4) is 11.1 Å². The van der Waals surface area contributed by atoms with Crippen molar-refractivity contribution in [2.45, 2.75) is 45.1 Å². The molecule has 2 aromatic rings. The number of carboxylic acids is 1. The first-order chi connectivity index (χ1) is 16.4. The number of rotatable bonds is 8. The molecule has 1 fully saturated rings. The number of carbonyl (C=O) groups excluding carboxylic acids is 2. The van der Waals surface area contributed by atoms with Crippen molar-refractivity contribution in [3.05, 3.63) is 59.7 Å². The highest BCUT2D eigenvalue weighted by Gasteiger charge is 2.37. The molecule has 34 heavy (non-hydrogen) atoms. The monoisotopic (exact) mass is 464 g/mol. The molecule has 2 N–H and O–H groups in total. The summed E-state index contributed by atoms with van der Waals surface area (Å²) >= 11 is 0. The Labute approximate surface area is 200 Å². The van der Waals surface area contributed by atoms with Gasteiger partial charge in [0, 0.05) is 19.0 Å². The van der Waals surface area contributed by atoms with E-state index in [9.17, 15) is 14.4 Å². The first-order valence-electron chi connectivity index (χ1n) is 12.0. The second-order valence-electron chi connectivity index (χ2n) is 9.39. The van der Waals surface area contributed by atoms with Gasteiger partial charge in [-0.05, 0) is 40.5 Å². The second kappa shape index (κ2) is 10.3. The van der Waals surface area contributed by atoms with Gasteiger partial charge >= 0.3 is 12.1 Å². The summed E-state index contributed by atoms with van der Waals surface area (Å²) < 4.78 is 5.63. The van der Waals surface area contributed by atoms with E-state index in [-0.39, 0.29) is 36.7 Å². The predicted molar refractivity (Wildman–Crippen MR) is 128 cm³/mol. The first kappa shape index (κ1) is 23.8. The lowest BCUT2D eigenvalue weighted by atomic mass is 9.95. The number of carbonyl (C=O) groups is 3. The van der Waals surface area contributed by atoms with Gasteiger partial charge in [0.25, 0.3) is 0 Å². The molecule has 0 bridgehead atoms. The predicted octanol–water partition coefficient (Wildman–Crippen LogP) is 4.26. The van der Waals surface area contributed by atoms with Crippen molar-refractivity contribution in [2.24, 2.45) is 11.8 Å². The van der Waals surface area contributed by atoms with Crippen LogP contribution >= 0.6 is 0 Å². The number of carboxylic acid groups (broad SMARTS) is 1. The van der Waals surface area contributed by atoms with E-state index in [1.807, 2.05) is 38.1 Å². The van der Waals surface area contributed by atoms with Crippen LogP contribution in [0.2, 0.25) is 0 Å². The van der Waals surface area contributed by atoms with E-state index in [2.05, 4.69) is 29.6 Å². The lowest BCUT2D eigenvalue weighted by molar-refractivity contribution is -0.138. The molecule has 0 spiro atoms. The van der Waals surface area contributed by atoms with Crippen molar-refractivity contribution < 1.29 is 24.2 Å². The van der Waals surface area contributed by atoms with E-state index >= 15 is 0 Å². The third kappa shape index (κ3) is 4.93. The number of hydrogen-bond acceptors (Lipinski definition) is 4. The van der Waals surface area contributed by atoms with Gasteiger partial charge in [-0.3, -0.25) is 9.59 Å². The van der Waals surface area contributed by atoms with Crippen LogP contribution in [0.1, 0.15) is 50.2 Å². The fourth-order valence-corrected chi connectivity index (χ4v) is 5.25. The van der Waals surface area contributed by atoms with Crippen molar-refractivity contribution in [2.75, 3.05) is 19.7 Å². The van der Waals surface area contributed by atoms with Crippen LogP contribution in [0.3, 0.4) is 0 Å². The summed E-state index contributed by atoms with van der Waals surface area (Å²) in [4.78, 5) is 38.7. The Balaban J connectivity index is 1.38. The van der Waals surface area contributed by atoms with Gasteiger partial charge in [-0.2, -0.15) is 0 Å². The molecule has 0 radical (unpaired) electrons. The zero-order valence-electron chi connectivity index (χ0n) is 19.7. The SMILES string of the molecule is CCC[C@H](NC(=O)OCC1c2ccccc2-c2ccccc21)C(=O)N1C[C@@H](CC(=O)O)[C@H](C)C1. The van der Waals surface area contributed by atoms with E-state index in [4.69, 9.17) is 9.84 Å². The molecule has 180 valence electrons. The number of fused-ring (bicyclic) bond motifs is 3. The molecule has 7 heteroatoms. The number of benzene rings is 2. The van der Waals surface area contributed by atoms with E-state index in [1.54, 1.807) is 4.90 Å². The Hall–Kier alpha value is -3.35. The molecule has 4 rings (SSSR count). The van der Waals surface area contributed by atoms with E-state index in [0.29, 0.717) is 19.5 Å². The molecule has 1 heterocycles. The standard InChI is InChI=1S/C27H32N2O5/c1-3-8-24(26(32)29-14-17(2)18(15-29)13-25(30)31)28-27(33)34-16-23-21-11-6-4-9-19(21)20-10-5-7-12-22(20)23/h4-7,9-12,17-18,23-24H,3,8,13-16H2,1-2H3,(H,28,33)(H,30,31)/t17-,18-,24+/m1/s1. The highest BCUT2D eigenvalue weighted by atomic mass is 16.5. The Bertz CT molecular complexity index is 1020. The van der Waals surface area contributed by atoms with Gasteiger partial charge < -0.3 is 20.1 Å². The van der Waals surface area contributed by atoms with Gasteiger partial charge in [-0.15, -0.1) is 0 Å². The molecule has 1 aliphatic carbocycles. The smallest absolute Gasteiger partial charge is 0.407 e. The summed E-state index contributed by atoms with van der Waals surface area (Å²) in [7, 11) is 0. The van der Waals surface area contributed by atoms with Gasteiger partial charge in [0.1, 0.15) is 12.6 Å². The molecule has 2 aromatic carbocycles. The van der Waals surface area contributed by atoms with Gasteiger partial charge in [0.05, 0.1) is 6.42 Å². The van der Waals surface area contributed by atoms with Gasteiger partial charge in [0.15, 0.2) is 0 Å². The lowest BCUT2D eigenvalue weighted by Gasteiger charge is -2.24. The first-order valence-corrected chi connectivity index (χ1v) is 12.0. The fraction of sp³-hybridized carbons (Fsp3) is 0.444. The average Bonchev–Trinajstić information content (AvgIpc) is 3.34. The quantitative estimate of drug-likeness (QED) is 0.609. The minimum atomic E-state index is -0.854. The van der Waals surface area contributed by atoms with Crippen LogP contribution in [-0.4, -0.2) is 53.7 Å². The number of amides is 2. The minimum absolute atomic E-state index is 0.0448. The minimum Gasteiger partial charge on any atom is -0.481 e. The van der Waals surface area contributed by atoms with Crippen molar-refractivity contribution in [1.29, 1.82) is 0 Å². The van der Waals surface area contributed by atoms with Crippen molar-refractivity contribution in [3.63, 3.8) is 0 Å². The average molecular weight is 465 g/mol. The number of aliphatic carboxylic acids is 1. The van der Waals surface area contributed by atoms with E-state index in [1.165, 1.54) is 0 Å². The maximum Gasteiger partial charge on any atom is 0.407 e. The molecule has 2 aliphatic rings. The maximum absolute atomic E-state index is 13.1. The number of alkyl carbamates (subject to hydrolysis) is 1. The molecular weight excluding hydrogens is 432 g/mol. The van der Waals surface area contributed by atoms with E-state index < -0.39 is 18.1 Å². The summed E-state index contributed by atoms with van der Waals surface area (Å²) in [5.41, 5.74) is 4.58. The zero-order valence-corrected chi connectivity index (χ0v) is 19.7. The Morgan fingerprint density at radius 1 is 1.06 bits per heavy atom. The van der Waals surface area contributed by atoms with Crippen molar-refractivity contribution >= 4 is 18.0 Å². The Morgan fingerprint density at radius 2 is 1.68 bits per heavy atom. The second-order valence-corrected chi connectivity index (χ2v) is 9.39. The number of nitrogens with one attached hydrogen (secondary N) is 1. The summed E-state index contributed by atoms with van der Waals surface area (Å²) in [6.45, 7) is 5.02. The molecule has 2 amide bonds. The molecule has 3 atom stereocenters. The van der Waals surface area contributed by atoms with Crippen LogP contribution < -0.4 is 5.32 Å². The third-order valence-electron chi connectivity index (χ3n) is 7.03. The number of nitrogens with zero attached hydrogens (tertiary/aromatic N) is 1.